The van der Waals surface area contributed by atoms with Crippen LogP contribution in [0, 0.1) is 0 Å². The molecular formula is C30H24B9N2P2-2. The van der Waals surface area contributed by atoms with Crippen LogP contribution in [-0.4, -0.2) is 63.2 Å². The Balaban J connectivity index is 1.12. The van der Waals surface area contributed by atoms with Gasteiger partial charge in [-0.2, -0.15) is 0 Å². The summed E-state index contributed by atoms with van der Waals surface area (Å²) in [7, 11) is 2.71. The van der Waals surface area contributed by atoms with Crippen molar-refractivity contribution in [3.8, 4) is 5.69 Å². The van der Waals surface area contributed by atoms with Crippen LogP contribution in [-0.2, 0) is 10.8 Å². The molecule has 193 valence electrons. The number of rotatable bonds is 3. The molecule has 15 rings (SSSR count). The third kappa shape index (κ3) is 1.75. The van der Waals surface area contributed by atoms with Crippen molar-refractivity contribution in [2.45, 2.75) is 38.5 Å². The van der Waals surface area contributed by atoms with Crippen LogP contribution in [0.5, 0.6) is 0 Å². The predicted molar refractivity (Wildman–Crippen MR) is 199 cm³/mol. The second-order valence-corrected chi connectivity index (χ2v) is 27.3. The van der Waals surface area contributed by atoms with Gasteiger partial charge in [-0.05, 0) is 0 Å². The van der Waals surface area contributed by atoms with Crippen LogP contribution in [0.4, 0.5) is 0 Å². The average molecular weight is 572 g/mol. The summed E-state index contributed by atoms with van der Waals surface area (Å²) < 4.78 is 2.69. The summed E-state index contributed by atoms with van der Waals surface area (Å²) in [5.41, 5.74) is 15.0. The fraction of sp³-hybridized carbons (Fsp3) is 0.200. The first kappa shape index (κ1) is 22.6. The summed E-state index contributed by atoms with van der Waals surface area (Å²) in [5.74, 6) is 0. The van der Waals surface area contributed by atoms with E-state index in [1.807, 2.05) is 0 Å². The molecule has 0 saturated carbocycles. The molecule has 13 heteroatoms. The summed E-state index contributed by atoms with van der Waals surface area (Å²) in [4.78, 5) is 4.67. The molecule has 1 aromatic heterocycles. The molecule has 0 atom stereocenters. The second-order valence-electron chi connectivity index (χ2n) is 16.9. The predicted octanol–water partition coefficient (Wildman–Crippen LogP) is 2.25. The molecule has 5 aromatic rings. The third-order valence-electron chi connectivity index (χ3n) is 15.2. The van der Waals surface area contributed by atoms with Crippen molar-refractivity contribution in [3.05, 3.63) is 89.0 Å². The van der Waals surface area contributed by atoms with Crippen LogP contribution in [0.2, 0.25) is 0 Å². The Morgan fingerprint density at radius 3 is 2.07 bits per heavy atom. The summed E-state index contributed by atoms with van der Waals surface area (Å²) in [6.45, 7) is 15.7. The summed E-state index contributed by atoms with van der Waals surface area (Å²) in [6.07, 6.45) is 1.25. The van der Waals surface area contributed by atoms with Gasteiger partial charge in [0.25, 0.3) is 0 Å². The molecule has 10 aliphatic heterocycles. The van der Waals surface area contributed by atoms with Gasteiger partial charge in [0, 0.05) is 0 Å². The van der Waals surface area contributed by atoms with Crippen LogP contribution in [0.25, 0.3) is 27.5 Å². The van der Waals surface area contributed by atoms with Crippen molar-refractivity contribution in [1.82, 2.24) is 9.42 Å². The molecule has 5 radical (unpaired) electrons. The zero-order valence-electron chi connectivity index (χ0n) is 24.9. The van der Waals surface area contributed by atoms with Gasteiger partial charge in [0.1, 0.15) is 0 Å². The second kappa shape index (κ2) is 5.55. The van der Waals surface area contributed by atoms with Crippen molar-refractivity contribution in [2.24, 2.45) is 0 Å². The van der Waals surface area contributed by atoms with Gasteiger partial charge in [-0.3, -0.25) is 0 Å². The number of nitrogens with zero attached hydrogens (tertiary/aromatic N) is 1. The zero-order valence-corrected chi connectivity index (χ0v) is 26.7. The van der Waals surface area contributed by atoms with E-state index in [1.165, 1.54) is 49.7 Å². The van der Waals surface area contributed by atoms with E-state index in [0.717, 1.165) is 31.1 Å². The van der Waals surface area contributed by atoms with Gasteiger partial charge in [0.15, 0.2) is 0 Å². The van der Waals surface area contributed by atoms with Gasteiger partial charge in [-0.1, -0.05) is 0 Å². The monoisotopic (exact) mass is 573 g/mol. The minimum atomic E-state index is -1.94. The number of hydrogen-bond donors (Lipinski definition) is 1. The Labute approximate surface area is 256 Å². The molecule has 1 N–H and O–H groups in total. The topological polar surface area (TPSA) is 17.0 Å². The van der Waals surface area contributed by atoms with Gasteiger partial charge in [0.2, 0.25) is 0 Å². The van der Waals surface area contributed by atoms with E-state index in [9.17, 15) is 0 Å². The fourth-order valence-corrected chi connectivity index (χ4v) is 31.8. The van der Waals surface area contributed by atoms with E-state index in [-0.39, 0.29) is 10.8 Å². The van der Waals surface area contributed by atoms with Crippen LogP contribution in [0.15, 0.2) is 66.7 Å². The normalized spacial score (nSPS) is 28.7. The molecule has 11 heterocycles. The van der Waals surface area contributed by atoms with E-state index < -0.39 is 12.7 Å². The molecule has 1 spiro atoms. The standard InChI is InChI=1S/C30H24B9N2P2/c1-29(2)19-7-5-8-20-25(19)34-26-21(29)9-6-10-24(26)41-23-14-11-16(15-18(23)17-12-13-22(30(20,3)4)27(34)28(17)41)42(35-31-36(42)39(35)42)40-43-32-37(43)38(43)33-43/h5-15,40H,1-4H3/q-2. The molecule has 10 aliphatic rings. The summed E-state index contributed by atoms with van der Waals surface area (Å²) >= 11 is 0. The van der Waals surface area contributed by atoms with Gasteiger partial charge in [-0.15, -0.1) is 0 Å². The SMILES string of the molecule is CC1(C)c2cccc3c2B2c4c1cccc4C(C)(C)c1ccc4c5cc(P67(NP89%10[B]B8B9[B-]%10)B8[B-]B6B87)ccc5n-3c4c12. The van der Waals surface area contributed by atoms with Crippen molar-refractivity contribution in [3.63, 3.8) is 0 Å². The van der Waals surface area contributed by atoms with E-state index >= 15 is 0 Å². The molecule has 2 nitrogen and oxygen atoms in total. The zero-order chi connectivity index (χ0) is 28.0. The summed E-state index contributed by atoms with van der Waals surface area (Å²) in [5, 5.41) is 4.67. The Morgan fingerprint density at radius 1 is 0.767 bits per heavy atom. The molecular weight excluding hydrogens is 548 g/mol. The Bertz CT molecular complexity index is 2390. The van der Waals surface area contributed by atoms with E-state index in [0.29, 0.717) is 6.71 Å². The molecule has 0 aliphatic carbocycles. The Kier molecular flexibility index (Phi) is 2.91. The van der Waals surface area contributed by atoms with Gasteiger partial charge in [0.05, 0.1) is 0 Å². The van der Waals surface area contributed by atoms with Crippen LogP contribution >= 0.6 is 12.7 Å². The van der Waals surface area contributed by atoms with Crippen LogP contribution < -0.4 is 26.6 Å². The van der Waals surface area contributed by atoms with Crippen molar-refractivity contribution >= 4 is 115 Å². The van der Waals surface area contributed by atoms with Gasteiger partial charge in [-0.25, -0.2) is 0 Å². The molecule has 2 bridgehead atoms. The molecule has 4 aromatic carbocycles. The first-order valence-electron chi connectivity index (χ1n) is 16.5. The molecule has 0 unspecified atom stereocenters. The first-order chi connectivity index (χ1) is 20.7. The average Bonchev–Trinajstić information content (AvgIpc) is 3.94. The Hall–Kier alpha value is -1.92. The molecule has 7 fully saturated rings. The minimum absolute atomic E-state index is 0.0318. The van der Waals surface area contributed by atoms with Crippen LogP contribution in [0.1, 0.15) is 49.9 Å². The fourth-order valence-electron chi connectivity index (χ4n) is 12.6. The number of aromatic nitrogens is 1. The van der Waals surface area contributed by atoms with Crippen molar-refractivity contribution < 1.29 is 0 Å². The van der Waals surface area contributed by atoms with Crippen molar-refractivity contribution in [2.75, 3.05) is 0 Å². The van der Waals surface area contributed by atoms with Crippen LogP contribution in [0.3, 0.4) is 0 Å². The maximum atomic E-state index is 4.67. The number of hydrogen-bond acceptors (Lipinski definition) is 1. The Morgan fingerprint density at radius 2 is 1.44 bits per heavy atom. The van der Waals surface area contributed by atoms with E-state index in [2.05, 4.69) is 125 Å². The van der Waals surface area contributed by atoms with Crippen molar-refractivity contribution in [1.29, 1.82) is 0 Å². The number of nitrogens with one attached hydrogen (secondary N) is 1. The van der Waals surface area contributed by atoms with Gasteiger partial charge >= 0.3 is 257 Å². The third-order valence-corrected chi connectivity index (χ3v) is 29.6. The number of benzene rings is 4. The summed E-state index contributed by atoms with van der Waals surface area (Å²) in [6, 6.07) is 27.2. The molecule has 7 saturated heterocycles. The quantitative estimate of drug-likeness (QED) is 0.255. The number of fused-ring (bicyclic) bond motifs is 5. The van der Waals surface area contributed by atoms with E-state index in [4.69, 9.17) is 0 Å². The first-order valence-corrected chi connectivity index (χ1v) is 21.4. The molecule has 0 amide bonds. The van der Waals surface area contributed by atoms with E-state index in [1.54, 1.807) is 21.7 Å². The van der Waals surface area contributed by atoms with Gasteiger partial charge < -0.3 is 0 Å². The molecule has 43 heavy (non-hydrogen) atoms. The maximum absolute atomic E-state index is 4.67.